The van der Waals surface area contributed by atoms with Crippen LogP contribution in [0.2, 0.25) is 0 Å². The molecule has 5 heteroatoms. The van der Waals surface area contributed by atoms with Crippen LogP contribution in [0, 0.1) is 13.8 Å². The summed E-state index contributed by atoms with van der Waals surface area (Å²) in [6.45, 7) is 7.86. The van der Waals surface area contributed by atoms with E-state index >= 15 is 0 Å². The van der Waals surface area contributed by atoms with Crippen molar-refractivity contribution in [3.8, 4) is 0 Å². The molecule has 1 heterocycles. The van der Waals surface area contributed by atoms with E-state index in [1.807, 2.05) is 35.8 Å². The second kappa shape index (κ2) is 10.1. The van der Waals surface area contributed by atoms with Gasteiger partial charge >= 0.3 is 0 Å². The van der Waals surface area contributed by atoms with E-state index in [0.717, 1.165) is 55.7 Å². The molecule has 2 aliphatic rings. The maximum atomic E-state index is 13.4. The molecule has 0 aromatic heterocycles. The number of nitrogens with zero attached hydrogens (tertiary/aromatic N) is 2. The summed E-state index contributed by atoms with van der Waals surface area (Å²) in [5.74, 6) is 0.264. The van der Waals surface area contributed by atoms with Crippen LogP contribution >= 0.6 is 0 Å². The van der Waals surface area contributed by atoms with Crippen LogP contribution in [-0.2, 0) is 4.79 Å². The first-order valence-corrected chi connectivity index (χ1v) is 10.9. The smallest absolute Gasteiger partial charge is 0.254 e. The lowest BCUT2D eigenvalue weighted by molar-refractivity contribution is -0.132. The number of piperazine rings is 1. The zero-order chi connectivity index (χ0) is 19.9. The van der Waals surface area contributed by atoms with Crippen LogP contribution in [-0.4, -0.2) is 60.4 Å². The predicted molar refractivity (Wildman–Crippen MR) is 113 cm³/mol. The minimum Gasteiger partial charge on any atom is -0.340 e. The highest BCUT2D eigenvalue weighted by Crippen LogP contribution is 2.24. The van der Waals surface area contributed by atoms with Gasteiger partial charge in [-0.3, -0.25) is 9.59 Å². The van der Waals surface area contributed by atoms with Crippen molar-refractivity contribution in [2.45, 2.75) is 64.8 Å². The number of carbonyl (C=O) groups excluding carboxylic acids is 2. The molecule has 1 saturated carbocycles. The molecule has 3 rings (SSSR count). The maximum Gasteiger partial charge on any atom is 0.254 e. The van der Waals surface area contributed by atoms with E-state index in [-0.39, 0.29) is 17.9 Å². The molecule has 28 heavy (non-hydrogen) atoms. The molecule has 0 atom stereocenters. The summed E-state index contributed by atoms with van der Waals surface area (Å²) in [6, 6.07) is 6.32. The van der Waals surface area contributed by atoms with Gasteiger partial charge in [0, 0.05) is 50.7 Å². The van der Waals surface area contributed by atoms with E-state index in [4.69, 9.17) is 0 Å². The number of benzene rings is 1. The van der Waals surface area contributed by atoms with Gasteiger partial charge in [-0.15, -0.1) is 0 Å². The third kappa shape index (κ3) is 5.57. The molecule has 2 amide bonds. The number of hydrogen-bond donors (Lipinski definition) is 1. The van der Waals surface area contributed by atoms with Gasteiger partial charge in [0.15, 0.2) is 0 Å². The first-order valence-electron chi connectivity index (χ1n) is 10.9. The minimum absolute atomic E-state index is 0.0896. The summed E-state index contributed by atoms with van der Waals surface area (Å²) >= 11 is 0. The van der Waals surface area contributed by atoms with Crippen LogP contribution in [0.15, 0.2) is 18.2 Å². The van der Waals surface area contributed by atoms with Gasteiger partial charge in [-0.05, 0) is 38.8 Å². The first kappa shape index (κ1) is 20.8. The summed E-state index contributed by atoms with van der Waals surface area (Å²) in [5.41, 5.74) is 2.98. The lowest BCUT2D eigenvalue weighted by Gasteiger charge is -2.33. The lowest BCUT2D eigenvalue weighted by atomic mass is 10.0. The summed E-state index contributed by atoms with van der Waals surface area (Å²) < 4.78 is 0. The third-order valence-electron chi connectivity index (χ3n) is 6.03. The number of carbonyl (C=O) groups is 2. The molecule has 0 bridgehead atoms. The Balaban J connectivity index is 1.73. The predicted octanol–water partition coefficient (Wildman–Crippen LogP) is 3.29. The van der Waals surface area contributed by atoms with Gasteiger partial charge in [-0.1, -0.05) is 42.9 Å². The number of hydrogen-bond acceptors (Lipinski definition) is 3. The summed E-state index contributed by atoms with van der Waals surface area (Å²) in [7, 11) is 0. The topological polar surface area (TPSA) is 52.7 Å². The summed E-state index contributed by atoms with van der Waals surface area (Å²) in [5, 5.41) is 3.28. The van der Waals surface area contributed by atoms with Crippen molar-refractivity contribution in [2.24, 2.45) is 0 Å². The summed E-state index contributed by atoms with van der Waals surface area (Å²) in [4.78, 5) is 30.1. The van der Waals surface area contributed by atoms with Crippen LogP contribution in [0.4, 0.5) is 0 Å². The number of aryl methyl sites for hydroxylation is 2. The van der Waals surface area contributed by atoms with Crippen molar-refractivity contribution in [3.05, 3.63) is 34.9 Å². The maximum absolute atomic E-state index is 13.4. The molecule has 0 radical (unpaired) electrons. The Labute approximate surface area is 169 Å². The Bertz CT molecular complexity index is 654. The minimum atomic E-state index is 0.0896. The highest BCUT2D eigenvalue weighted by Gasteiger charge is 2.27. The average molecular weight is 386 g/mol. The first-order chi connectivity index (χ1) is 13.5. The van der Waals surface area contributed by atoms with Crippen molar-refractivity contribution in [1.82, 2.24) is 15.1 Å². The molecule has 1 N–H and O–H groups in total. The van der Waals surface area contributed by atoms with Gasteiger partial charge in [0.25, 0.3) is 5.91 Å². The van der Waals surface area contributed by atoms with Crippen molar-refractivity contribution in [3.63, 3.8) is 0 Å². The van der Waals surface area contributed by atoms with E-state index in [9.17, 15) is 9.59 Å². The van der Waals surface area contributed by atoms with Crippen LogP contribution in [0.5, 0.6) is 0 Å². The number of nitrogens with one attached hydrogen (secondary N) is 1. The molecule has 2 fully saturated rings. The molecule has 1 aromatic carbocycles. The molecule has 154 valence electrons. The van der Waals surface area contributed by atoms with E-state index in [1.165, 1.54) is 25.7 Å². The zero-order valence-corrected chi connectivity index (χ0v) is 17.5. The highest BCUT2D eigenvalue weighted by molar-refractivity contribution is 5.95. The molecule has 1 saturated heterocycles. The van der Waals surface area contributed by atoms with Gasteiger partial charge in [0.05, 0.1) is 0 Å². The van der Waals surface area contributed by atoms with E-state index in [0.29, 0.717) is 13.0 Å². The molecule has 1 aliphatic heterocycles. The quantitative estimate of drug-likeness (QED) is 0.792. The van der Waals surface area contributed by atoms with Crippen LogP contribution in [0.3, 0.4) is 0 Å². The Morgan fingerprint density at radius 1 is 1.00 bits per heavy atom. The normalized spacial score (nSPS) is 18.6. The molecule has 1 aromatic rings. The van der Waals surface area contributed by atoms with Crippen molar-refractivity contribution < 1.29 is 9.59 Å². The second-order valence-corrected chi connectivity index (χ2v) is 8.40. The van der Waals surface area contributed by atoms with Gasteiger partial charge in [-0.2, -0.15) is 0 Å². The molecular formula is C23H35N3O2. The highest BCUT2D eigenvalue weighted by atomic mass is 16.2. The molecule has 5 nitrogen and oxygen atoms in total. The fourth-order valence-electron chi connectivity index (χ4n) is 4.57. The molecule has 1 aliphatic carbocycles. The third-order valence-corrected chi connectivity index (χ3v) is 6.03. The second-order valence-electron chi connectivity index (χ2n) is 8.40. The monoisotopic (exact) mass is 385 g/mol. The Kier molecular flexibility index (Phi) is 7.49. The molecule has 0 spiro atoms. The number of amides is 2. The molecule has 0 unspecified atom stereocenters. The number of rotatable bonds is 5. The van der Waals surface area contributed by atoms with Gasteiger partial charge in [0.2, 0.25) is 5.91 Å². The van der Waals surface area contributed by atoms with Gasteiger partial charge in [0.1, 0.15) is 0 Å². The van der Waals surface area contributed by atoms with Crippen LogP contribution in [0.25, 0.3) is 0 Å². The van der Waals surface area contributed by atoms with Crippen molar-refractivity contribution in [1.29, 1.82) is 0 Å². The summed E-state index contributed by atoms with van der Waals surface area (Å²) in [6.07, 6.45) is 7.38. The van der Waals surface area contributed by atoms with Crippen LogP contribution in [0.1, 0.15) is 66.4 Å². The Morgan fingerprint density at radius 2 is 1.61 bits per heavy atom. The van der Waals surface area contributed by atoms with E-state index in [2.05, 4.69) is 11.4 Å². The SMILES string of the molecule is Cc1cc(C)cc(C(=O)N(CCC(=O)N2CCNCC2)C2CCCCCC2)c1. The van der Waals surface area contributed by atoms with Crippen molar-refractivity contribution in [2.75, 3.05) is 32.7 Å². The Hall–Kier alpha value is -1.88. The largest absolute Gasteiger partial charge is 0.340 e. The van der Waals surface area contributed by atoms with Crippen molar-refractivity contribution >= 4 is 11.8 Å². The van der Waals surface area contributed by atoms with E-state index < -0.39 is 0 Å². The van der Waals surface area contributed by atoms with E-state index in [1.54, 1.807) is 0 Å². The average Bonchev–Trinajstić information content (AvgIpc) is 2.97. The zero-order valence-electron chi connectivity index (χ0n) is 17.5. The van der Waals surface area contributed by atoms with Crippen LogP contribution < -0.4 is 5.32 Å². The fourth-order valence-corrected chi connectivity index (χ4v) is 4.57. The standard InChI is InChI=1S/C23H35N3O2/c1-18-15-19(2)17-20(16-18)23(28)26(21-7-5-3-4-6-8-21)12-9-22(27)25-13-10-24-11-14-25/h15-17,21,24H,3-14H2,1-2H3. The lowest BCUT2D eigenvalue weighted by Crippen LogP contribution is -2.48. The van der Waals surface area contributed by atoms with Gasteiger partial charge in [-0.25, -0.2) is 0 Å². The molecular weight excluding hydrogens is 350 g/mol. The Morgan fingerprint density at radius 3 is 2.21 bits per heavy atom. The fraction of sp³-hybridized carbons (Fsp3) is 0.652. The van der Waals surface area contributed by atoms with Gasteiger partial charge < -0.3 is 15.1 Å².